The Morgan fingerprint density at radius 2 is 1.74 bits per heavy atom. The molecule has 2 aromatic heterocycles. The van der Waals surface area contributed by atoms with Crippen molar-refractivity contribution in [3.8, 4) is 11.3 Å². The van der Waals surface area contributed by atoms with Crippen LogP contribution in [0, 0.1) is 23.7 Å². The molecule has 0 saturated carbocycles. The van der Waals surface area contributed by atoms with E-state index in [2.05, 4.69) is 34.9 Å². The second-order valence-corrected chi connectivity index (χ2v) is 11.5. The maximum atomic E-state index is 13.5. The fourth-order valence-corrected chi connectivity index (χ4v) is 6.91. The topological polar surface area (TPSA) is 85.8 Å². The summed E-state index contributed by atoms with van der Waals surface area (Å²) in [5.41, 5.74) is 6.31. The smallest absolute Gasteiger partial charge is 0.172 e. The number of carbonyl (C=O) groups is 1. The summed E-state index contributed by atoms with van der Waals surface area (Å²) >= 11 is 1.64. The molecular weight excluding hydrogens is 490 g/mol. The van der Waals surface area contributed by atoms with E-state index in [-0.39, 0.29) is 11.7 Å². The Morgan fingerprint density at radius 1 is 1.03 bits per heavy atom. The van der Waals surface area contributed by atoms with Gasteiger partial charge in [-0.2, -0.15) is 5.10 Å². The molecular formula is C31H31N5OS. The summed E-state index contributed by atoms with van der Waals surface area (Å²) in [5, 5.41) is 22.0. The zero-order valence-corrected chi connectivity index (χ0v) is 22.4. The minimum Gasteiger partial charge on any atom is -0.311 e. The third-order valence-corrected chi connectivity index (χ3v) is 8.94. The van der Waals surface area contributed by atoms with Crippen molar-refractivity contribution < 1.29 is 4.79 Å². The summed E-state index contributed by atoms with van der Waals surface area (Å²) in [7, 11) is 0. The molecule has 0 saturated heterocycles. The molecule has 0 bridgehead atoms. The number of aromatic nitrogens is 2. The predicted molar refractivity (Wildman–Crippen MR) is 153 cm³/mol. The zero-order valence-electron chi connectivity index (χ0n) is 21.5. The van der Waals surface area contributed by atoms with Gasteiger partial charge in [0.15, 0.2) is 5.78 Å². The van der Waals surface area contributed by atoms with Gasteiger partial charge in [-0.3, -0.25) is 20.3 Å². The normalized spacial score (nSPS) is 15.1. The molecule has 192 valence electrons. The molecule has 4 heterocycles. The highest BCUT2D eigenvalue weighted by Crippen LogP contribution is 2.37. The number of amidine groups is 2. The Hall–Kier alpha value is -3.84. The molecule has 0 radical (unpaired) electrons. The summed E-state index contributed by atoms with van der Waals surface area (Å²) in [6, 6.07) is 20.1. The molecule has 2 N–H and O–H groups in total. The first-order chi connectivity index (χ1) is 18.5. The number of fused-ring (bicyclic) bond motifs is 4. The number of Topliss-reactive ketones (excluding diaryl/α,β-unsaturated/α-hetero) is 1. The second kappa shape index (κ2) is 10.1. The Morgan fingerprint density at radius 3 is 2.47 bits per heavy atom. The van der Waals surface area contributed by atoms with Crippen LogP contribution >= 0.6 is 11.3 Å². The van der Waals surface area contributed by atoms with Crippen LogP contribution < -0.4 is 0 Å². The van der Waals surface area contributed by atoms with E-state index in [1.807, 2.05) is 48.7 Å². The molecule has 0 aliphatic carbocycles. The molecule has 0 spiro atoms. The third kappa shape index (κ3) is 4.52. The summed E-state index contributed by atoms with van der Waals surface area (Å²) in [6.45, 7) is 3.56. The molecule has 0 fully saturated rings. The van der Waals surface area contributed by atoms with Crippen LogP contribution in [0.25, 0.3) is 11.3 Å². The van der Waals surface area contributed by atoms with Gasteiger partial charge in [0.2, 0.25) is 0 Å². The van der Waals surface area contributed by atoms with Crippen LogP contribution in [0.2, 0.25) is 0 Å². The fraction of sp³-hybridized carbons (Fsp3) is 0.290. The molecule has 4 aromatic rings. The van der Waals surface area contributed by atoms with Crippen molar-refractivity contribution in [3.05, 3.63) is 98.9 Å². The van der Waals surface area contributed by atoms with Gasteiger partial charge in [0.25, 0.3) is 0 Å². The monoisotopic (exact) mass is 521 g/mol. The van der Waals surface area contributed by atoms with Crippen molar-refractivity contribution in [3.63, 3.8) is 0 Å². The fourth-order valence-electron chi connectivity index (χ4n) is 5.74. The maximum Gasteiger partial charge on any atom is 0.172 e. The third-order valence-electron chi connectivity index (χ3n) is 7.70. The maximum absolute atomic E-state index is 13.5. The van der Waals surface area contributed by atoms with Gasteiger partial charge in [0.05, 0.1) is 16.8 Å². The largest absolute Gasteiger partial charge is 0.311 e. The molecule has 6 nitrogen and oxygen atoms in total. The summed E-state index contributed by atoms with van der Waals surface area (Å²) in [6.07, 6.45) is 5.90. The summed E-state index contributed by atoms with van der Waals surface area (Å²) < 4.78 is 2.08. The molecule has 2 aliphatic rings. The first-order valence-electron chi connectivity index (χ1n) is 13.3. The highest BCUT2D eigenvalue weighted by Gasteiger charge is 2.31. The van der Waals surface area contributed by atoms with E-state index in [4.69, 9.17) is 10.8 Å². The van der Waals surface area contributed by atoms with Gasteiger partial charge < -0.3 is 4.90 Å². The Labute approximate surface area is 227 Å². The number of nitrogens with zero attached hydrogens (tertiary/aromatic N) is 3. The van der Waals surface area contributed by atoms with Crippen LogP contribution in [0.4, 0.5) is 0 Å². The average Bonchev–Trinajstić information content (AvgIpc) is 3.54. The van der Waals surface area contributed by atoms with Crippen LogP contribution in [-0.2, 0) is 19.4 Å². The summed E-state index contributed by atoms with van der Waals surface area (Å²) in [5.74, 6) is 1.07. The van der Waals surface area contributed by atoms with Gasteiger partial charge in [-0.05, 0) is 55.7 Å². The lowest BCUT2D eigenvalue weighted by Gasteiger charge is -2.25. The Balaban J connectivity index is 1.20. The average molecular weight is 522 g/mol. The van der Waals surface area contributed by atoms with Gasteiger partial charge >= 0.3 is 0 Å². The quantitative estimate of drug-likeness (QED) is 0.265. The highest BCUT2D eigenvalue weighted by atomic mass is 32.1. The number of nitrogens with one attached hydrogen (secondary N) is 2. The lowest BCUT2D eigenvalue weighted by Crippen LogP contribution is -2.35. The van der Waals surface area contributed by atoms with Crippen LogP contribution in [0.15, 0.2) is 66.9 Å². The number of benzene rings is 2. The van der Waals surface area contributed by atoms with Crippen LogP contribution in [-0.4, -0.2) is 38.7 Å². The van der Waals surface area contributed by atoms with E-state index in [0.717, 1.165) is 53.1 Å². The highest BCUT2D eigenvalue weighted by molar-refractivity contribution is 7.14. The van der Waals surface area contributed by atoms with Gasteiger partial charge in [-0.1, -0.05) is 54.6 Å². The van der Waals surface area contributed by atoms with Crippen molar-refractivity contribution in [1.29, 1.82) is 10.8 Å². The van der Waals surface area contributed by atoms with E-state index in [1.165, 1.54) is 16.0 Å². The van der Waals surface area contributed by atoms with E-state index in [9.17, 15) is 4.79 Å². The summed E-state index contributed by atoms with van der Waals surface area (Å²) in [4.78, 5) is 17.4. The number of thiophene rings is 1. The molecule has 38 heavy (non-hydrogen) atoms. The lowest BCUT2D eigenvalue weighted by atomic mass is 9.92. The first kappa shape index (κ1) is 24.5. The molecule has 7 heteroatoms. The number of hydrogen-bond acceptors (Lipinski definition) is 5. The number of hydrogen-bond donors (Lipinski definition) is 2. The molecule has 2 aliphatic heterocycles. The van der Waals surface area contributed by atoms with Crippen LogP contribution in [0.1, 0.15) is 56.1 Å². The number of aryl methyl sites for hydroxylation is 3. The minimum absolute atomic E-state index is 0.137. The Bertz CT molecular complexity index is 1500. The van der Waals surface area contributed by atoms with Crippen molar-refractivity contribution in [2.24, 2.45) is 5.92 Å². The predicted octanol–water partition coefficient (Wildman–Crippen LogP) is 6.35. The van der Waals surface area contributed by atoms with Crippen molar-refractivity contribution in [2.75, 3.05) is 6.54 Å². The van der Waals surface area contributed by atoms with Gasteiger partial charge in [-0.25, -0.2) is 0 Å². The molecule has 1 atom stereocenters. The van der Waals surface area contributed by atoms with E-state index in [1.54, 1.807) is 16.2 Å². The second-order valence-electron chi connectivity index (χ2n) is 10.3. The molecule has 2 aromatic carbocycles. The van der Waals surface area contributed by atoms with E-state index in [0.29, 0.717) is 31.1 Å². The van der Waals surface area contributed by atoms with E-state index < -0.39 is 0 Å². The molecule has 0 unspecified atom stereocenters. The van der Waals surface area contributed by atoms with Gasteiger partial charge in [0, 0.05) is 41.1 Å². The standard InChI is InChI=1S/C31H31N5OS/c1-20-18-34-36-15-7-12-27-25(29(20)36)17-28(38-27)26(37)14-13-22(16-21-8-3-2-4-9-21)19-35-30(32)23-10-5-6-11-24(23)31(35)33/h2-6,8-11,17-18,22,32-33H,7,12-16,19H2,1H3/t22-/m0/s1. The lowest BCUT2D eigenvalue weighted by molar-refractivity contribution is 0.0976. The first-order valence-corrected chi connectivity index (χ1v) is 14.1. The van der Waals surface area contributed by atoms with Crippen molar-refractivity contribution in [1.82, 2.24) is 14.7 Å². The van der Waals surface area contributed by atoms with Crippen LogP contribution in [0.3, 0.4) is 0 Å². The number of ketones is 1. The zero-order chi connectivity index (χ0) is 26.2. The van der Waals surface area contributed by atoms with E-state index >= 15 is 0 Å². The minimum atomic E-state index is 0.137. The Kier molecular flexibility index (Phi) is 6.54. The molecule has 0 amide bonds. The van der Waals surface area contributed by atoms with Gasteiger partial charge in [-0.15, -0.1) is 11.3 Å². The van der Waals surface area contributed by atoms with Crippen molar-refractivity contribution in [2.45, 2.75) is 45.6 Å². The SMILES string of the molecule is Cc1cnn2c1-c1cc(C(=O)CC[C@@H](Cc3ccccc3)CN3C(=N)c4ccccc4C3=N)sc1CCC2. The van der Waals surface area contributed by atoms with Crippen molar-refractivity contribution >= 4 is 28.8 Å². The number of rotatable bonds is 8. The molecule has 6 rings (SSSR count). The van der Waals surface area contributed by atoms with Gasteiger partial charge in [0.1, 0.15) is 11.7 Å². The van der Waals surface area contributed by atoms with Crippen LogP contribution in [0.5, 0.6) is 0 Å². The number of carbonyl (C=O) groups excluding carboxylic acids is 1.